The Kier molecular flexibility index (Phi) is 4.91. The van der Waals surface area contributed by atoms with Crippen molar-refractivity contribution in [2.75, 3.05) is 33.7 Å². The minimum Gasteiger partial charge on any atom is -0.314 e. The molecule has 2 aliphatic heterocycles. The van der Waals surface area contributed by atoms with Crippen molar-refractivity contribution in [2.24, 2.45) is 5.41 Å². The van der Waals surface area contributed by atoms with Gasteiger partial charge in [-0.3, -0.25) is 4.90 Å². The molecule has 0 saturated carbocycles. The Balaban J connectivity index is 1.92. The van der Waals surface area contributed by atoms with Crippen molar-refractivity contribution in [2.45, 2.75) is 64.6 Å². The van der Waals surface area contributed by atoms with Gasteiger partial charge in [0.15, 0.2) is 0 Å². The van der Waals surface area contributed by atoms with E-state index in [1.165, 1.54) is 38.8 Å². The van der Waals surface area contributed by atoms with Gasteiger partial charge in [-0.05, 0) is 51.7 Å². The standard InChI is InChI=1S/C16H33N3/c1-6-17-13-9-14-7-8-15(10-13)19(14)12-16(2,3)11-18(4)5/h13-15,17H,6-12H2,1-5H3. The van der Waals surface area contributed by atoms with E-state index in [9.17, 15) is 0 Å². The maximum atomic E-state index is 3.67. The average Bonchev–Trinajstić information content (AvgIpc) is 2.52. The van der Waals surface area contributed by atoms with Crippen molar-refractivity contribution in [1.82, 2.24) is 15.1 Å². The fraction of sp³-hybridized carbons (Fsp3) is 1.00. The van der Waals surface area contributed by atoms with Crippen LogP contribution in [0.5, 0.6) is 0 Å². The molecule has 0 aromatic heterocycles. The summed E-state index contributed by atoms with van der Waals surface area (Å²) in [5.41, 5.74) is 0.398. The Morgan fingerprint density at radius 1 is 1.16 bits per heavy atom. The minimum absolute atomic E-state index is 0.398. The highest BCUT2D eigenvalue weighted by Crippen LogP contribution is 2.37. The maximum absolute atomic E-state index is 3.67. The van der Waals surface area contributed by atoms with Gasteiger partial charge in [0.1, 0.15) is 0 Å². The third kappa shape index (κ3) is 3.93. The van der Waals surface area contributed by atoms with Crippen molar-refractivity contribution >= 4 is 0 Å². The fourth-order valence-electron chi connectivity index (χ4n) is 4.39. The van der Waals surface area contributed by atoms with Crippen LogP contribution in [0.1, 0.15) is 46.5 Å². The molecule has 2 fully saturated rings. The van der Waals surface area contributed by atoms with Crippen LogP contribution in [0.2, 0.25) is 0 Å². The highest BCUT2D eigenvalue weighted by Gasteiger charge is 2.42. The van der Waals surface area contributed by atoms with Gasteiger partial charge in [0.25, 0.3) is 0 Å². The summed E-state index contributed by atoms with van der Waals surface area (Å²) in [6.45, 7) is 10.6. The largest absolute Gasteiger partial charge is 0.314 e. The van der Waals surface area contributed by atoms with Crippen LogP contribution in [0.25, 0.3) is 0 Å². The first-order chi connectivity index (χ1) is 8.91. The zero-order valence-corrected chi connectivity index (χ0v) is 13.6. The highest BCUT2D eigenvalue weighted by molar-refractivity contribution is 4.99. The Labute approximate surface area is 119 Å². The molecule has 2 atom stereocenters. The lowest BCUT2D eigenvalue weighted by Gasteiger charge is -2.43. The molecule has 3 nitrogen and oxygen atoms in total. The fourth-order valence-corrected chi connectivity index (χ4v) is 4.39. The van der Waals surface area contributed by atoms with Crippen LogP contribution in [0.4, 0.5) is 0 Å². The van der Waals surface area contributed by atoms with Gasteiger partial charge in [-0.25, -0.2) is 0 Å². The molecule has 19 heavy (non-hydrogen) atoms. The van der Waals surface area contributed by atoms with E-state index in [0.717, 1.165) is 24.7 Å². The van der Waals surface area contributed by atoms with Gasteiger partial charge >= 0.3 is 0 Å². The number of rotatable bonds is 6. The van der Waals surface area contributed by atoms with E-state index in [4.69, 9.17) is 0 Å². The monoisotopic (exact) mass is 267 g/mol. The third-order valence-corrected chi connectivity index (χ3v) is 4.73. The van der Waals surface area contributed by atoms with E-state index in [0.29, 0.717) is 5.41 Å². The van der Waals surface area contributed by atoms with Crippen LogP contribution in [0.3, 0.4) is 0 Å². The first-order valence-electron chi connectivity index (χ1n) is 8.05. The van der Waals surface area contributed by atoms with Crippen LogP contribution >= 0.6 is 0 Å². The molecule has 3 heteroatoms. The minimum atomic E-state index is 0.398. The second-order valence-electron chi connectivity index (χ2n) is 7.69. The molecule has 0 aromatic rings. The predicted molar refractivity (Wildman–Crippen MR) is 82.5 cm³/mol. The van der Waals surface area contributed by atoms with Gasteiger partial charge in [-0.1, -0.05) is 20.8 Å². The predicted octanol–water partition coefficient (Wildman–Crippen LogP) is 2.18. The number of hydrogen-bond donors (Lipinski definition) is 1. The van der Waals surface area contributed by atoms with Crippen molar-refractivity contribution in [3.8, 4) is 0 Å². The summed E-state index contributed by atoms with van der Waals surface area (Å²) in [7, 11) is 4.38. The second kappa shape index (κ2) is 6.11. The summed E-state index contributed by atoms with van der Waals surface area (Å²) in [5, 5.41) is 3.67. The van der Waals surface area contributed by atoms with Gasteiger partial charge < -0.3 is 10.2 Å². The molecule has 2 saturated heterocycles. The van der Waals surface area contributed by atoms with Crippen LogP contribution in [0, 0.1) is 5.41 Å². The molecular formula is C16H33N3. The number of hydrogen-bond acceptors (Lipinski definition) is 3. The Morgan fingerprint density at radius 3 is 2.21 bits per heavy atom. The summed E-state index contributed by atoms with van der Waals surface area (Å²) < 4.78 is 0. The molecule has 2 heterocycles. The van der Waals surface area contributed by atoms with Gasteiger partial charge in [0.2, 0.25) is 0 Å². The molecule has 2 unspecified atom stereocenters. The molecule has 112 valence electrons. The molecule has 2 aliphatic rings. The van der Waals surface area contributed by atoms with Crippen molar-refractivity contribution in [1.29, 1.82) is 0 Å². The maximum Gasteiger partial charge on any atom is 0.0114 e. The van der Waals surface area contributed by atoms with E-state index < -0.39 is 0 Å². The summed E-state index contributed by atoms with van der Waals surface area (Å²) >= 11 is 0. The molecule has 0 amide bonds. The van der Waals surface area contributed by atoms with Crippen molar-refractivity contribution in [3.05, 3.63) is 0 Å². The van der Waals surface area contributed by atoms with E-state index >= 15 is 0 Å². The second-order valence-corrected chi connectivity index (χ2v) is 7.69. The molecule has 0 radical (unpaired) electrons. The molecule has 0 aliphatic carbocycles. The number of fused-ring (bicyclic) bond motifs is 2. The van der Waals surface area contributed by atoms with Crippen LogP contribution in [0.15, 0.2) is 0 Å². The van der Waals surface area contributed by atoms with Crippen molar-refractivity contribution in [3.63, 3.8) is 0 Å². The molecule has 0 aromatic carbocycles. The first-order valence-corrected chi connectivity index (χ1v) is 8.05. The summed E-state index contributed by atoms with van der Waals surface area (Å²) in [6.07, 6.45) is 5.57. The van der Waals surface area contributed by atoms with E-state index in [-0.39, 0.29) is 0 Å². The van der Waals surface area contributed by atoms with Crippen LogP contribution < -0.4 is 5.32 Å². The number of nitrogens with zero attached hydrogens (tertiary/aromatic N) is 2. The average molecular weight is 267 g/mol. The lowest BCUT2D eigenvalue weighted by molar-refractivity contribution is 0.0631. The molecule has 2 rings (SSSR count). The molecular weight excluding hydrogens is 234 g/mol. The smallest absolute Gasteiger partial charge is 0.0114 e. The van der Waals surface area contributed by atoms with Crippen LogP contribution in [-0.4, -0.2) is 61.7 Å². The molecule has 2 bridgehead atoms. The lowest BCUT2D eigenvalue weighted by atomic mass is 9.88. The Hall–Kier alpha value is -0.120. The van der Waals surface area contributed by atoms with E-state index in [1.807, 2.05) is 0 Å². The Bertz CT molecular complexity index is 274. The normalized spacial score (nSPS) is 32.2. The lowest BCUT2D eigenvalue weighted by Crippen LogP contribution is -2.52. The SMILES string of the molecule is CCNC1CC2CCC(C1)N2CC(C)(C)CN(C)C. The van der Waals surface area contributed by atoms with Gasteiger partial charge in [0.05, 0.1) is 0 Å². The Morgan fingerprint density at radius 2 is 1.74 bits per heavy atom. The summed E-state index contributed by atoms with van der Waals surface area (Å²) in [5.74, 6) is 0. The summed E-state index contributed by atoms with van der Waals surface area (Å²) in [4.78, 5) is 5.16. The van der Waals surface area contributed by atoms with Gasteiger partial charge in [-0.15, -0.1) is 0 Å². The van der Waals surface area contributed by atoms with Crippen molar-refractivity contribution < 1.29 is 0 Å². The highest BCUT2D eigenvalue weighted by atomic mass is 15.2. The topological polar surface area (TPSA) is 18.5 Å². The van der Waals surface area contributed by atoms with Gasteiger partial charge in [-0.2, -0.15) is 0 Å². The number of nitrogens with one attached hydrogen (secondary N) is 1. The molecule has 1 N–H and O–H groups in total. The third-order valence-electron chi connectivity index (χ3n) is 4.73. The zero-order valence-electron chi connectivity index (χ0n) is 13.6. The van der Waals surface area contributed by atoms with Gasteiger partial charge in [0, 0.05) is 31.2 Å². The first kappa shape index (κ1) is 15.3. The number of piperidine rings is 1. The van der Waals surface area contributed by atoms with E-state index in [2.05, 4.69) is 50.0 Å². The zero-order chi connectivity index (χ0) is 14.0. The van der Waals surface area contributed by atoms with E-state index in [1.54, 1.807) is 0 Å². The quantitative estimate of drug-likeness (QED) is 0.796. The molecule has 0 spiro atoms. The van der Waals surface area contributed by atoms with Crippen LogP contribution in [-0.2, 0) is 0 Å². The summed E-state index contributed by atoms with van der Waals surface area (Å²) in [6, 6.07) is 2.45.